The molecule has 1 aliphatic heterocycles. The Balaban J connectivity index is 1.92. The van der Waals surface area contributed by atoms with E-state index < -0.39 is 0 Å². The van der Waals surface area contributed by atoms with Crippen LogP contribution in [0.25, 0.3) is 0 Å². The molecule has 4 heteroatoms. The molecular formula is C17H26N2O2. The van der Waals surface area contributed by atoms with Gasteiger partial charge >= 0.3 is 0 Å². The van der Waals surface area contributed by atoms with Gasteiger partial charge in [-0.3, -0.25) is 4.79 Å². The van der Waals surface area contributed by atoms with Gasteiger partial charge in [-0.05, 0) is 30.2 Å². The molecule has 116 valence electrons. The molecule has 0 N–H and O–H groups in total. The fourth-order valence-corrected chi connectivity index (χ4v) is 2.55. The Morgan fingerprint density at radius 1 is 1.05 bits per heavy atom. The molecule has 1 amide bonds. The molecule has 1 saturated heterocycles. The number of carbonyl (C=O) groups excluding carboxylic acids is 1. The van der Waals surface area contributed by atoms with E-state index in [2.05, 4.69) is 30.9 Å². The van der Waals surface area contributed by atoms with E-state index >= 15 is 0 Å². The van der Waals surface area contributed by atoms with Gasteiger partial charge in [0, 0.05) is 37.8 Å². The van der Waals surface area contributed by atoms with Gasteiger partial charge in [-0.1, -0.05) is 20.8 Å². The molecule has 1 aliphatic rings. The van der Waals surface area contributed by atoms with E-state index in [-0.39, 0.29) is 5.92 Å². The van der Waals surface area contributed by atoms with E-state index in [1.807, 2.05) is 24.0 Å². The lowest BCUT2D eigenvalue weighted by atomic mass is 9.96. The smallest absolute Gasteiger partial charge is 0.225 e. The maximum atomic E-state index is 12.4. The first-order chi connectivity index (χ1) is 10.0. The SMILES string of the molecule is COc1ccc(N2CCN(C(=O)C(C)C(C)C)CC2)cc1. The standard InChI is InChI=1S/C17H26N2O2/c1-13(2)14(3)17(20)19-11-9-18(10-12-19)15-5-7-16(21-4)8-6-15/h5-8,13-14H,9-12H2,1-4H3. The second-order valence-electron chi connectivity index (χ2n) is 6.04. The maximum absolute atomic E-state index is 12.4. The maximum Gasteiger partial charge on any atom is 0.225 e. The first kappa shape index (κ1) is 15.7. The molecule has 2 rings (SSSR count). The summed E-state index contributed by atoms with van der Waals surface area (Å²) in [5, 5.41) is 0. The summed E-state index contributed by atoms with van der Waals surface area (Å²) in [5.41, 5.74) is 1.19. The van der Waals surface area contributed by atoms with Crippen LogP contribution in [0.15, 0.2) is 24.3 Å². The van der Waals surface area contributed by atoms with E-state index in [0.717, 1.165) is 31.9 Å². The fourth-order valence-electron chi connectivity index (χ4n) is 2.55. The highest BCUT2D eigenvalue weighted by Gasteiger charge is 2.26. The predicted molar refractivity (Wildman–Crippen MR) is 85.8 cm³/mol. The number of methoxy groups -OCH3 is 1. The van der Waals surface area contributed by atoms with Crippen LogP contribution in [0.4, 0.5) is 5.69 Å². The van der Waals surface area contributed by atoms with E-state index in [1.54, 1.807) is 7.11 Å². The molecule has 0 saturated carbocycles. The molecule has 0 radical (unpaired) electrons. The average Bonchev–Trinajstić information content (AvgIpc) is 2.53. The second-order valence-corrected chi connectivity index (χ2v) is 6.04. The van der Waals surface area contributed by atoms with Gasteiger partial charge in [0.25, 0.3) is 0 Å². The predicted octanol–water partition coefficient (Wildman–Crippen LogP) is 2.64. The Morgan fingerprint density at radius 3 is 2.10 bits per heavy atom. The molecule has 0 bridgehead atoms. The Morgan fingerprint density at radius 2 is 1.62 bits per heavy atom. The van der Waals surface area contributed by atoms with Crippen molar-refractivity contribution in [2.24, 2.45) is 11.8 Å². The summed E-state index contributed by atoms with van der Waals surface area (Å²) >= 11 is 0. The fraction of sp³-hybridized carbons (Fsp3) is 0.588. The number of benzene rings is 1. The van der Waals surface area contributed by atoms with Crippen molar-refractivity contribution in [2.75, 3.05) is 38.2 Å². The van der Waals surface area contributed by atoms with Crippen LogP contribution >= 0.6 is 0 Å². The van der Waals surface area contributed by atoms with E-state index in [0.29, 0.717) is 11.8 Å². The van der Waals surface area contributed by atoms with Crippen LogP contribution in [0.1, 0.15) is 20.8 Å². The minimum Gasteiger partial charge on any atom is -0.497 e. The number of amides is 1. The zero-order valence-corrected chi connectivity index (χ0v) is 13.5. The number of carbonyl (C=O) groups is 1. The summed E-state index contributed by atoms with van der Waals surface area (Å²) < 4.78 is 5.18. The summed E-state index contributed by atoms with van der Waals surface area (Å²) in [6, 6.07) is 8.11. The topological polar surface area (TPSA) is 32.8 Å². The van der Waals surface area contributed by atoms with Crippen molar-refractivity contribution in [3.05, 3.63) is 24.3 Å². The third kappa shape index (κ3) is 3.69. The van der Waals surface area contributed by atoms with Gasteiger partial charge in [-0.15, -0.1) is 0 Å². The number of hydrogen-bond acceptors (Lipinski definition) is 3. The first-order valence-corrected chi connectivity index (χ1v) is 7.70. The van der Waals surface area contributed by atoms with Crippen molar-refractivity contribution in [2.45, 2.75) is 20.8 Å². The Hall–Kier alpha value is -1.71. The van der Waals surface area contributed by atoms with Gasteiger partial charge in [0.15, 0.2) is 0 Å². The Labute approximate surface area is 127 Å². The van der Waals surface area contributed by atoms with Crippen LogP contribution in [0.3, 0.4) is 0 Å². The highest BCUT2D eigenvalue weighted by molar-refractivity contribution is 5.79. The molecule has 0 aromatic heterocycles. The molecular weight excluding hydrogens is 264 g/mol. The number of hydrogen-bond donors (Lipinski definition) is 0. The quantitative estimate of drug-likeness (QED) is 0.854. The van der Waals surface area contributed by atoms with Crippen molar-refractivity contribution in [3.8, 4) is 5.75 Å². The summed E-state index contributed by atoms with van der Waals surface area (Å²) in [5.74, 6) is 1.67. The van der Waals surface area contributed by atoms with Crippen molar-refractivity contribution in [3.63, 3.8) is 0 Å². The molecule has 1 unspecified atom stereocenters. The molecule has 1 fully saturated rings. The summed E-state index contributed by atoms with van der Waals surface area (Å²) in [6.07, 6.45) is 0. The van der Waals surface area contributed by atoms with Gasteiger partial charge in [-0.25, -0.2) is 0 Å². The highest BCUT2D eigenvalue weighted by atomic mass is 16.5. The van der Waals surface area contributed by atoms with Crippen molar-refractivity contribution >= 4 is 11.6 Å². The lowest BCUT2D eigenvalue weighted by molar-refractivity contribution is -0.136. The lowest BCUT2D eigenvalue weighted by Gasteiger charge is -2.37. The molecule has 21 heavy (non-hydrogen) atoms. The van der Waals surface area contributed by atoms with Gasteiger partial charge in [0.1, 0.15) is 5.75 Å². The molecule has 0 aliphatic carbocycles. The van der Waals surface area contributed by atoms with E-state index in [9.17, 15) is 4.79 Å². The third-order valence-electron chi connectivity index (χ3n) is 4.42. The van der Waals surface area contributed by atoms with Gasteiger partial charge in [-0.2, -0.15) is 0 Å². The van der Waals surface area contributed by atoms with Crippen LogP contribution in [-0.2, 0) is 4.79 Å². The largest absolute Gasteiger partial charge is 0.497 e. The van der Waals surface area contributed by atoms with Crippen LogP contribution in [0.2, 0.25) is 0 Å². The van der Waals surface area contributed by atoms with Gasteiger partial charge in [0.05, 0.1) is 7.11 Å². The van der Waals surface area contributed by atoms with E-state index in [4.69, 9.17) is 4.74 Å². The molecule has 4 nitrogen and oxygen atoms in total. The van der Waals surface area contributed by atoms with Crippen LogP contribution in [0, 0.1) is 11.8 Å². The van der Waals surface area contributed by atoms with Gasteiger partial charge in [0.2, 0.25) is 5.91 Å². The Kier molecular flexibility index (Phi) is 5.10. The normalized spacial score (nSPS) is 17.0. The van der Waals surface area contributed by atoms with E-state index in [1.165, 1.54) is 5.69 Å². The summed E-state index contributed by atoms with van der Waals surface area (Å²) in [4.78, 5) is 16.7. The number of rotatable bonds is 4. The second kappa shape index (κ2) is 6.83. The minimum atomic E-state index is 0.109. The molecule has 1 aromatic rings. The number of nitrogens with zero attached hydrogens (tertiary/aromatic N) is 2. The number of anilines is 1. The zero-order chi connectivity index (χ0) is 15.4. The van der Waals surface area contributed by atoms with Crippen molar-refractivity contribution < 1.29 is 9.53 Å². The molecule has 1 atom stereocenters. The zero-order valence-electron chi connectivity index (χ0n) is 13.5. The van der Waals surface area contributed by atoms with Crippen LogP contribution < -0.4 is 9.64 Å². The Bertz CT molecular complexity index is 462. The first-order valence-electron chi connectivity index (χ1n) is 7.70. The number of ether oxygens (including phenoxy) is 1. The molecule has 0 spiro atoms. The van der Waals surface area contributed by atoms with Gasteiger partial charge < -0.3 is 14.5 Å². The minimum absolute atomic E-state index is 0.109. The van der Waals surface area contributed by atoms with Crippen LogP contribution in [-0.4, -0.2) is 44.1 Å². The monoisotopic (exact) mass is 290 g/mol. The molecule has 1 heterocycles. The third-order valence-corrected chi connectivity index (χ3v) is 4.42. The van der Waals surface area contributed by atoms with Crippen molar-refractivity contribution in [1.29, 1.82) is 0 Å². The lowest BCUT2D eigenvalue weighted by Crippen LogP contribution is -2.50. The summed E-state index contributed by atoms with van der Waals surface area (Å²) in [7, 11) is 1.68. The highest BCUT2D eigenvalue weighted by Crippen LogP contribution is 2.21. The van der Waals surface area contributed by atoms with Crippen LogP contribution in [0.5, 0.6) is 5.75 Å². The number of piperazine rings is 1. The molecule has 1 aromatic carbocycles. The average molecular weight is 290 g/mol. The summed E-state index contributed by atoms with van der Waals surface area (Å²) in [6.45, 7) is 9.64. The van der Waals surface area contributed by atoms with Crippen molar-refractivity contribution in [1.82, 2.24) is 4.90 Å².